The first-order valence-corrected chi connectivity index (χ1v) is 6.30. The van der Waals surface area contributed by atoms with E-state index in [1.165, 1.54) is 25.7 Å². The molecule has 2 N–H and O–H groups in total. The molecule has 17 heavy (non-hydrogen) atoms. The fourth-order valence-electron chi connectivity index (χ4n) is 1.65. The van der Waals surface area contributed by atoms with Crippen molar-refractivity contribution in [3.8, 4) is 0 Å². The minimum atomic E-state index is 0. The van der Waals surface area contributed by atoms with Gasteiger partial charge >= 0.3 is 0 Å². The topological polar surface area (TPSA) is 45.7 Å². The molecule has 0 aromatic rings. The third kappa shape index (κ3) is 9.64. The predicted molar refractivity (Wildman–Crippen MR) is 83.2 cm³/mol. The number of hydrogen-bond acceptors (Lipinski definition) is 2. The summed E-state index contributed by atoms with van der Waals surface area (Å²) in [6, 6.07) is 0. The molecule has 1 fully saturated rings. The molecule has 0 amide bonds. The maximum absolute atomic E-state index is 4.99. The zero-order valence-electron chi connectivity index (χ0n) is 11.0. The third-order valence-corrected chi connectivity index (χ3v) is 2.82. The molecule has 4 nitrogen and oxygen atoms in total. The monoisotopic (exact) mass is 355 g/mol. The van der Waals surface area contributed by atoms with Crippen LogP contribution in [0.1, 0.15) is 32.1 Å². The maximum atomic E-state index is 4.99. The van der Waals surface area contributed by atoms with Crippen molar-refractivity contribution in [2.45, 2.75) is 32.1 Å². The minimum absolute atomic E-state index is 0. The summed E-state index contributed by atoms with van der Waals surface area (Å²) < 4.78 is 4.99. The van der Waals surface area contributed by atoms with E-state index < -0.39 is 0 Å². The molecule has 1 rings (SSSR count). The van der Waals surface area contributed by atoms with E-state index >= 15 is 0 Å². The van der Waals surface area contributed by atoms with Crippen LogP contribution in [0.15, 0.2) is 4.99 Å². The van der Waals surface area contributed by atoms with E-state index in [2.05, 4.69) is 15.6 Å². The van der Waals surface area contributed by atoms with E-state index in [1.807, 2.05) is 7.05 Å². The van der Waals surface area contributed by atoms with Gasteiger partial charge < -0.3 is 15.4 Å². The Morgan fingerprint density at radius 1 is 1.24 bits per heavy atom. The number of aliphatic imine (C=N–C) groups is 1. The van der Waals surface area contributed by atoms with Crippen LogP contribution in [0, 0.1) is 5.92 Å². The highest BCUT2D eigenvalue weighted by Gasteiger charge is 2.19. The van der Waals surface area contributed by atoms with Gasteiger partial charge in [0.2, 0.25) is 0 Å². The van der Waals surface area contributed by atoms with Crippen LogP contribution in [0.2, 0.25) is 0 Å². The molecule has 5 heteroatoms. The number of halogens is 1. The molecule has 102 valence electrons. The van der Waals surface area contributed by atoms with Crippen molar-refractivity contribution in [3.63, 3.8) is 0 Å². The van der Waals surface area contributed by atoms with Crippen molar-refractivity contribution in [3.05, 3.63) is 0 Å². The Balaban J connectivity index is 0.00000256. The van der Waals surface area contributed by atoms with Crippen molar-refractivity contribution in [1.29, 1.82) is 0 Å². The van der Waals surface area contributed by atoms with E-state index in [0.29, 0.717) is 0 Å². The first kappa shape index (κ1) is 17.0. The van der Waals surface area contributed by atoms with Gasteiger partial charge in [0.1, 0.15) is 0 Å². The summed E-state index contributed by atoms with van der Waals surface area (Å²) in [5.74, 6) is 1.94. The van der Waals surface area contributed by atoms with Gasteiger partial charge in [-0.1, -0.05) is 12.8 Å². The first-order chi connectivity index (χ1) is 7.86. The standard InChI is InChI=1S/C12H25N3O.HI/c1-13-12(15-9-4-10-16-2)14-8-3-5-11-6-7-11;/h11H,3-10H2,1-2H3,(H2,13,14,15);1H. The lowest BCUT2D eigenvalue weighted by molar-refractivity contribution is 0.195. The zero-order valence-corrected chi connectivity index (χ0v) is 13.3. The lowest BCUT2D eigenvalue weighted by Crippen LogP contribution is -2.38. The number of ether oxygens (including phenoxy) is 1. The second kappa shape index (κ2) is 11.1. The number of guanidine groups is 1. The molecule has 0 aliphatic heterocycles. The number of nitrogens with one attached hydrogen (secondary N) is 2. The molecule has 0 saturated heterocycles. The summed E-state index contributed by atoms with van der Waals surface area (Å²) in [5, 5.41) is 6.59. The summed E-state index contributed by atoms with van der Waals surface area (Å²) >= 11 is 0. The van der Waals surface area contributed by atoms with Crippen molar-refractivity contribution < 1.29 is 4.74 Å². The van der Waals surface area contributed by atoms with Crippen LogP contribution >= 0.6 is 24.0 Å². The van der Waals surface area contributed by atoms with Crippen LogP contribution in [-0.4, -0.2) is 39.8 Å². The minimum Gasteiger partial charge on any atom is -0.385 e. The molecule has 1 saturated carbocycles. The Hall–Kier alpha value is -0.0400. The van der Waals surface area contributed by atoms with E-state index in [9.17, 15) is 0 Å². The summed E-state index contributed by atoms with van der Waals surface area (Å²) in [6.07, 6.45) is 6.53. The van der Waals surface area contributed by atoms with Gasteiger partial charge in [-0.15, -0.1) is 24.0 Å². The smallest absolute Gasteiger partial charge is 0.190 e. The zero-order chi connectivity index (χ0) is 11.6. The Kier molecular flexibility index (Phi) is 11.0. The predicted octanol–water partition coefficient (Wildman–Crippen LogP) is 2.00. The summed E-state index contributed by atoms with van der Waals surface area (Å²) in [6.45, 7) is 2.74. The summed E-state index contributed by atoms with van der Waals surface area (Å²) in [7, 11) is 3.54. The van der Waals surface area contributed by atoms with Gasteiger partial charge in [-0.05, 0) is 25.2 Å². The molecular weight excluding hydrogens is 329 g/mol. The molecule has 1 aliphatic rings. The average molecular weight is 355 g/mol. The van der Waals surface area contributed by atoms with E-state index in [1.54, 1.807) is 7.11 Å². The van der Waals surface area contributed by atoms with Crippen molar-refractivity contribution in [2.24, 2.45) is 10.9 Å². The molecule has 1 aliphatic carbocycles. The van der Waals surface area contributed by atoms with E-state index in [-0.39, 0.29) is 24.0 Å². The van der Waals surface area contributed by atoms with Gasteiger partial charge in [0.05, 0.1) is 0 Å². The van der Waals surface area contributed by atoms with E-state index in [4.69, 9.17) is 4.74 Å². The van der Waals surface area contributed by atoms with Gasteiger partial charge in [-0.25, -0.2) is 0 Å². The Bertz CT molecular complexity index is 208. The van der Waals surface area contributed by atoms with Gasteiger partial charge in [0, 0.05) is 33.9 Å². The lowest BCUT2D eigenvalue weighted by atomic mass is 10.2. The molecular formula is C12H26IN3O. The SMILES string of the molecule is CN=C(NCCCOC)NCCCC1CC1.I. The molecule has 0 heterocycles. The fourth-order valence-corrected chi connectivity index (χ4v) is 1.65. The quantitative estimate of drug-likeness (QED) is 0.303. The molecule has 0 atom stereocenters. The summed E-state index contributed by atoms with van der Waals surface area (Å²) in [4.78, 5) is 4.17. The van der Waals surface area contributed by atoms with Crippen LogP contribution in [0.25, 0.3) is 0 Å². The number of methoxy groups -OCH3 is 1. The number of nitrogens with zero attached hydrogens (tertiary/aromatic N) is 1. The molecule has 0 spiro atoms. The highest BCUT2D eigenvalue weighted by molar-refractivity contribution is 14.0. The molecule has 0 aromatic carbocycles. The highest BCUT2D eigenvalue weighted by Crippen LogP contribution is 2.33. The number of rotatable bonds is 8. The van der Waals surface area contributed by atoms with Gasteiger partial charge in [-0.2, -0.15) is 0 Å². The molecule has 0 radical (unpaired) electrons. The van der Waals surface area contributed by atoms with Crippen molar-refractivity contribution in [2.75, 3.05) is 33.9 Å². The Labute approximate surface area is 122 Å². The average Bonchev–Trinajstić information content (AvgIpc) is 3.11. The second-order valence-electron chi connectivity index (χ2n) is 4.36. The summed E-state index contributed by atoms with van der Waals surface area (Å²) in [5.41, 5.74) is 0. The number of hydrogen-bond donors (Lipinski definition) is 2. The lowest BCUT2D eigenvalue weighted by Gasteiger charge is -2.11. The Morgan fingerprint density at radius 2 is 1.88 bits per heavy atom. The second-order valence-corrected chi connectivity index (χ2v) is 4.36. The molecule has 0 bridgehead atoms. The van der Waals surface area contributed by atoms with Crippen molar-refractivity contribution in [1.82, 2.24) is 10.6 Å². The van der Waals surface area contributed by atoms with Crippen LogP contribution in [0.5, 0.6) is 0 Å². The van der Waals surface area contributed by atoms with Crippen LogP contribution in [0.3, 0.4) is 0 Å². The van der Waals surface area contributed by atoms with E-state index in [0.717, 1.165) is 38.0 Å². The van der Waals surface area contributed by atoms with Crippen LogP contribution in [-0.2, 0) is 4.74 Å². The fraction of sp³-hybridized carbons (Fsp3) is 0.917. The Morgan fingerprint density at radius 3 is 2.41 bits per heavy atom. The largest absolute Gasteiger partial charge is 0.385 e. The first-order valence-electron chi connectivity index (χ1n) is 6.30. The molecule has 0 unspecified atom stereocenters. The van der Waals surface area contributed by atoms with Crippen LogP contribution in [0.4, 0.5) is 0 Å². The maximum Gasteiger partial charge on any atom is 0.190 e. The normalized spacial score (nSPS) is 15.3. The van der Waals surface area contributed by atoms with Gasteiger partial charge in [-0.3, -0.25) is 4.99 Å². The third-order valence-electron chi connectivity index (χ3n) is 2.82. The van der Waals surface area contributed by atoms with Crippen molar-refractivity contribution >= 4 is 29.9 Å². The van der Waals surface area contributed by atoms with Crippen LogP contribution < -0.4 is 10.6 Å². The molecule has 0 aromatic heterocycles. The van der Waals surface area contributed by atoms with Gasteiger partial charge in [0.15, 0.2) is 5.96 Å². The highest BCUT2D eigenvalue weighted by atomic mass is 127. The van der Waals surface area contributed by atoms with Gasteiger partial charge in [0.25, 0.3) is 0 Å².